The van der Waals surface area contributed by atoms with E-state index in [2.05, 4.69) is 34.0 Å². The fourth-order valence-electron chi connectivity index (χ4n) is 2.05. The van der Waals surface area contributed by atoms with Crippen LogP contribution in [0.1, 0.15) is 25.2 Å². The maximum absolute atomic E-state index is 5.92. The van der Waals surface area contributed by atoms with Crippen molar-refractivity contribution in [3.05, 3.63) is 46.7 Å². The molecule has 0 aliphatic heterocycles. The van der Waals surface area contributed by atoms with Gasteiger partial charge in [-0.3, -0.25) is 0 Å². The lowest BCUT2D eigenvalue weighted by Gasteiger charge is -2.20. The highest BCUT2D eigenvalue weighted by Gasteiger charge is 2.08. The molecule has 2 rings (SSSR count). The number of nitrogens with one attached hydrogen (secondary N) is 1. The second-order valence-electron chi connectivity index (χ2n) is 4.89. The van der Waals surface area contributed by atoms with Crippen LogP contribution >= 0.6 is 11.6 Å². The lowest BCUT2D eigenvalue weighted by Crippen LogP contribution is -2.19. The van der Waals surface area contributed by atoms with Crippen molar-refractivity contribution in [2.24, 2.45) is 0 Å². The molecule has 0 saturated carbocycles. The first-order valence-electron chi connectivity index (χ1n) is 7.19. The molecule has 0 aliphatic rings. The monoisotopic (exact) mass is 304 g/mol. The number of hydrogen-bond acceptors (Lipinski definition) is 4. The first-order chi connectivity index (χ1) is 10.1. The van der Waals surface area contributed by atoms with Gasteiger partial charge in [0, 0.05) is 37.6 Å². The molecule has 112 valence electrons. The van der Waals surface area contributed by atoms with Gasteiger partial charge in [0.2, 0.25) is 0 Å². The van der Waals surface area contributed by atoms with Crippen molar-refractivity contribution in [1.29, 1.82) is 0 Å². The SMILES string of the molecule is CCNc1cc(N(C)Cc2ccc(Cl)cc2)nc(CC)n1. The average molecular weight is 305 g/mol. The fraction of sp³-hybridized carbons (Fsp3) is 0.375. The summed E-state index contributed by atoms with van der Waals surface area (Å²) >= 11 is 5.92. The Bertz CT molecular complexity index is 583. The maximum atomic E-state index is 5.92. The van der Waals surface area contributed by atoms with Crippen LogP contribution in [0.2, 0.25) is 5.02 Å². The van der Waals surface area contributed by atoms with E-state index >= 15 is 0 Å². The van der Waals surface area contributed by atoms with Crippen molar-refractivity contribution in [2.45, 2.75) is 26.8 Å². The normalized spacial score (nSPS) is 10.5. The maximum Gasteiger partial charge on any atom is 0.134 e. The molecule has 5 heteroatoms. The molecule has 1 N–H and O–H groups in total. The Kier molecular flexibility index (Phi) is 5.39. The minimum Gasteiger partial charge on any atom is -0.370 e. The lowest BCUT2D eigenvalue weighted by atomic mass is 10.2. The minimum atomic E-state index is 0.756. The van der Waals surface area contributed by atoms with E-state index in [9.17, 15) is 0 Å². The van der Waals surface area contributed by atoms with Gasteiger partial charge in [0.25, 0.3) is 0 Å². The second kappa shape index (κ2) is 7.27. The number of nitrogens with zero attached hydrogens (tertiary/aromatic N) is 3. The van der Waals surface area contributed by atoms with E-state index in [0.717, 1.165) is 42.0 Å². The van der Waals surface area contributed by atoms with Gasteiger partial charge in [0.1, 0.15) is 17.5 Å². The largest absolute Gasteiger partial charge is 0.370 e. The molecule has 0 unspecified atom stereocenters. The summed E-state index contributed by atoms with van der Waals surface area (Å²) in [6.45, 7) is 5.75. The van der Waals surface area contributed by atoms with Gasteiger partial charge in [-0.25, -0.2) is 9.97 Å². The highest BCUT2D eigenvalue weighted by Crippen LogP contribution is 2.18. The fourth-order valence-corrected chi connectivity index (χ4v) is 2.18. The van der Waals surface area contributed by atoms with Gasteiger partial charge in [-0.1, -0.05) is 30.7 Å². The van der Waals surface area contributed by atoms with Gasteiger partial charge in [0.15, 0.2) is 0 Å². The topological polar surface area (TPSA) is 41.0 Å². The van der Waals surface area contributed by atoms with E-state index in [4.69, 9.17) is 11.6 Å². The molecule has 1 aromatic heterocycles. The molecule has 4 nitrogen and oxygen atoms in total. The van der Waals surface area contributed by atoms with E-state index in [-0.39, 0.29) is 0 Å². The molecule has 0 fully saturated rings. The zero-order valence-corrected chi connectivity index (χ0v) is 13.5. The zero-order chi connectivity index (χ0) is 15.2. The van der Waals surface area contributed by atoms with Crippen LogP contribution in [0.3, 0.4) is 0 Å². The van der Waals surface area contributed by atoms with E-state index in [0.29, 0.717) is 0 Å². The van der Waals surface area contributed by atoms with Crippen LogP contribution in [0.4, 0.5) is 11.6 Å². The Hall–Kier alpha value is -1.81. The molecule has 21 heavy (non-hydrogen) atoms. The van der Waals surface area contributed by atoms with Crippen LogP contribution < -0.4 is 10.2 Å². The molecule has 2 aromatic rings. The summed E-state index contributed by atoms with van der Waals surface area (Å²) in [6, 6.07) is 9.87. The first-order valence-corrected chi connectivity index (χ1v) is 7.57. The predicted octanol–water partition coefficient (Wildman–Crippen LogP) is 3.76. The zero-order valence-electron chi connectivity index (χ0n) is 12.7. The molecule has 0 aliphatic carbocycles. The molecule has 0 saturated heterocycles. The van der Waals surface area contributed by atoms with Gasteiger partial charge in [-0.2, -0.15) is 0 Å². The number of anilines is 2. The van der Waals surface area contributed by atoms with Crippen LogP contribution in [0.5, 0.6) is 0 Å². The van der Waals surface area contributed by atoms with E-state index in [1.165, 1.54) is 5.56 Å². The standard InChI is InChI=1S/C16H21ClN4/c1-4-14-19-15(18-5-2)10-16(20-14)21(3)11-12-6-8-13(17)9-7-12/h6-10H,4-5,11H2,1-3H3,(H,18,19,20). The molecule has 0 amide bonds. The third-order valence-corrected chi connectivity index (χ3v) is 3.41. The van der Waals surface area contributed by atoms with E-state index < -0.39 is 0 Å². The quantitative estimate of drug-likeness (QED) is 0.882. The average Bonchev–Trinajstić information content (AvgIpc) is 2.49. The van der Waals surface area contributed by atoms with Crippen molar-refractivity contribution in [3.63, 3.8) is 0 Å². The predicted molar refractivity (Wildman–Crippen MR) is 89.1 cm³/mol. The minimum absolute atomic E-state index is 0.756. The van der Waals surface area contributed by atoms with E-state index in [1.807, 2.05) is 37.4 Å². The molecule has 1 aromatic carbocycles. The number of aromatic nitrogens is 2. The van der Waals surface area contributed by atoms with Crippen LogP contribution in [-0.4, -0.2) is 23.6 Å². The van der Waals surface area contributed by atoms with Crippen molar-refractivity contribution in [3.8, 4) is 0 Å². The number of benzene rings is 1. The Morgan fingerprint density at radius 2 is 1.86 bits per heavy atom. The van der Waals surface area contributed by atoms with Crippen LogP contribution in [0.15, 0.2) is 30.3 Å². The Morgan fingerprint density at radius 1 is 1.14 bits per heavy atom. The van der Waals surface area contributed by atoms with E-state index in [1.54, 1.807) is 0 Å². The van der Waals surface area contributed by atoms with Gasteiger partial charge >= 0.3 is 0 Å². The lowest BCUT2D eigenvalue weighted by molar-refractivity contribution is 0.858. The van der Waals surface area contributed by atoms with Crippen LogP contribution in [-0.2, 0) is 13.0 Å². The van der Waals surface area contributed by atoms with Crippen LogP contribution in [0.25, 0.3) is 0 Å². The van der Waals surface area contributed by atoms with Crippen molar-refractivity contribution in [1.82, 2.24) is 9.97 Å². The van der Waals surface area contributed by atoms with Gasteiger partial charge in [-0.05, 0) is 24.6 Å². The molecular formula is C16H21ClN4. The van der Waals surface area contributed by atoms with Crippen LogP contribution in [0, 0.1) is 0 Å². The number of rotatable bonds is 6. The summed E-state index contributed by atoms with van der Waals surface area (Å²) in [5, 5.41) is 4.01. The summed E-state index contributed by atoms with van der Waals surface area (Å²) in [5.74, 6) is 2.65. The summed E-state index contributed by atoms with van der Waals surface area (Å²) in [4.78, 5) is 11.2. The molecule has 0 bridgehead atoms. The number of aryl methyl sites for hydroxylation is 1. The third-order valence-electron chi connectivity index (χ3n) is 3.16. The summed E-state index contributed by atoms with van der Waals surface area (Å²) < 4.78 is 0. The highest BCUT2D eigenvalue weighted by molar-refractivity contribution is 6.30. The number of halogens is 1. The smallest absolute Gasteiger partial charge is 0.134 e. The summed E-state index contributed by atoms with van der Waals surface area (Å²) in [7, 11) is 2.03. The molecule has 0 atom stereocenters. The molecule has 0 radical (unpaired) electrons. The molecule has 0 spiro atoms. The molecule has 1 heterocycles. The van der Waals surface area contributed by atoms with Crippen molar-refractivity contribution in [2.75, 3.05) is 23.8 Å². The Balaban J connectivity index is 2.19. The van der Waals surface area contributed by atoms with Gasteiger partial charge in [-0.15, -0.1) is 0 Å². The molecular weight excluding hydrogens is 284 g/mol. The second-order valence-corrected chi connectivity index (χ2v) is 5.33. The van der Waals surface area contributed by atoms with Crippen molar-refractivity contribution >= 4 is 23.2 Å². The highest BCUT2D eigenvalue weighted by atomic mass is 35.5. The van der Waals surface area contributed by atoms with Gasteiger partial charge < -0.3 is 10.2 Å². The third kappa shape index (κ3) is 4.33. The Labute approximate surface area is 131 Å². The first kappa shape index (κ1) is 15.6. The summed E-state index contributed by atoms with van der Waals surface area (Å²) in [6.07, 6.45) is 0.820. The Morgan fingerprint density at radius 3 is 2.48 bits per heavy atom. The number of hydrogen-bond donors (Lipinski definition) is 1. The summed E-state index contributed by atoms with van der Waals surface area (Å²) in [5.41, 5.74) is 1.20. The van der Waals surface area contributed by atoms with Gasteiger partial charge in [0.05, 0.1) is 0 Å². The van der Waals surface area contributed by atoms with Crippen molar-refractivity contribution < 1.29 is 0 Å².